The number of nitrogens with one attached hydrogen (secondary N) is 2. The highest BCUT2D eigenvalue weighted by atomic mass is 35.5. The van der Waals surface area contributed by atoms with Gasteiger partial charge in [-0.15, -0.1) is 0 Å². The van der Waals surface area contributed by atoms with Gasteiger partial charge in [0.25, 0.3) is 11.8 Å². The predicted octanol–water partition coefficient (Wildman–Crippen LogP) is 4.27. The first-order valence-electron chi connectivity index (χ1n) is 14.1. The normalized spacial score (nSPS) is 22.2. The van der Waals surface area contributed by atoms with E-state index in [-0.39, 0.29) is 53.8 Å². The average molecular weight is 710 g/mol. The van der Waals surface area contributed by atoms with Crippen LogP contribution in [0, 0.1) is 11.6 Å². The summed E-state index contributed by atoms with van der Waals surface area (Å²) < 4.78 is 54.0. The van der Waals surface area contributed by atoms with E-state index in [1.54, 1.807) is 0 Å². The smallest absolute Gasteiger partial charge is 0.469 e. The van der Waals surface area contributed by atoms with Crippen LogP contribution in [0.2, 0.25) is 10.0 Å². The number of nitrogens with zero attached hydrogens (tertiary/aromatic N) is 1. The number of carbonyl (C=O) groups excluding carboxylic acids is 2. The van der Waals surface area contributed by atoms with E-state index in [4.69, 9.17) is 42.5 Å². The molecule has 0 unspecified atom stereocenters. The number of halogens is 4. The van der Waals surface area contributed by atoms with Crippen molar-refractivity contribution in [1.82, 2.24) is 15.5 Å². The third-order valence-corrected chi connectivity index (χ3v) is 9.19. The van der Waals surface area contributed by atoms with Crippen LogP contribution >= 0.6 is 31.0 Å². The van der Waals surface area contributed by atoms with Gasteiger partial charge in [-0.25, -0.2) is 18.1 Å². The molecule has 0 aromatic heterocycles. The molecular weight excluding hydrogens is 678 g/mol. The second-order valence-electron chi connectivity index (χ2n) is 11.1. The summed E-state index contributed by atoms with van der Waals surface area (Å²) in [7, 11) is -4.78. The topological polar surface area (TPSA) is 184 Å². The number of hydrogen-bond donors (Lipinski definition) is 5. The highest BCUT2D eigenvalue weighted by Gasteiger charge is 2.58. The quantitative estimate of drug-likeness (QED) is 0.140. The van der Waals surface area contributed by atoms with Crippen LogP contribution in [0.5, 0.6) is 11.5 Å². The summed E-state index contributed by atoms with van der Waals surface area (Å²) >= 11 is 11.4. The average Bonchev–Trinajstić information content (AvgIpc) is 2.98. The van der Waals surface area contributed by atoms with E-state index in [1.807, 2.05) is 0 Å². The minimum Gasteiger partial charge on any atom is -0.484 e. The number of benzene rings is 2. The largest absolute Gasteiger partial charge is 0.484 e. The van der Waals surface area contributed by atoms with Crippen molar-refractivity contribution >= 4 is 48.9 Å². The number of ether oxygens (including phenoxy) is 2. The van der Waals surface area contributed by atoms with Crippen molar-refractivity contribution in [2.24, 2.45) is 0 Å². The second kappa shape index (κ2) is 14.7. The molecule has 18 heteroatoms. The molecule has 0 aliphatic heterocycles. The number of amides is 3. The molecule has 46 heavy (non-hydrogen) atoms. The molecule has 3 fully saturated rings. The fourth-order valence-corrected chi connectivity index (χ4v) is 6.55. The third kappa shape index (κ3) is 9.20. The fourth-order valence-electron chi connectivity index (χ4n) is 5.95. The standard InChI is InChI=1S/C28H32Cl2F2N3O10P/c29-19-4-2-17(12-21(19)31)43-15-24(36)33-27-6-8-28(9-7-27,34-25(37)16-44-18-3-5-20(30)22(32)13-18)23(14-27)35(26(38)39)10-1-11-45-46(40,41)42/h2-5,12-13,23H,1,6-11,14-16H2,(H,33,36)(H,34,37)(H,38,39)(H2,40,41,42)/t23-,27?,28?/m0/s1. The molecule has 3 aliphatic rings. The van der Waals surface area contributed by atoms with Crippen molar-refractivity contribution in [3.63, 3.8) is 0 Å². The summed E-state index contributed by atoms with van der Waals surface area (Å²) in [5.41, 5.74) is -1.96. The number of carboxylic acid groups (broad SMARTS) is 1. The first-order valence-corrected chi connectivity index (χ1v) is 16.4. The van der Waals surface area contributed by atoms with Crippen molar-refractivity contribution in [1.29, 1.82) is 0 Å². The zero-order valence-electron chi connectivity index (χ0n) is 24.2. The second-order valence-corrected chi connectivity index (χ2v) is 13.2. The fraction of sp³-hybridized carbons (Fsp3) is 0.464. The molecule has 0 spiro atoms. The Balaban J connectivity index is 1.48. The Morgan fingerprint density at radius 1 is 0.913 bits per heavy atom. The molecule has 2 aromatic rings. The van der Waals surface area contributed by atoms with Crippen molar-refractivity contribution in [3.8, 4) is 11.5 Å². The molecule has 2 aromatic carbocycles. The molecule has 252 valence electrons. The van der Waals surface area contributed by atoms with Gasteiger partial charge >= 0.3 is 13.9 Å². The highest BCUT2D eigenvalue weighted by Crippen LogP contribution is 2.49. The Bertz CT molecular complexity index is 1510. The lowest BCUT2D eigenvalue weighted by Crippen LogP contribution is -2.74. The third-order valence-electron chi connectivity index (χ3n) is 8.06. The van der Waals surface area contributed by atoms with E-state index < -0.39 is 74.3 Å². The van der Waals surface area contributed by atoms with Crippen molar-refractivity contribution in [2.75, 3.05) is 26.4 Å². The summed E-state index contributed by atoms with van der Waals surface area (Å²) in [6.07, 6.45) is -0.106. The molecule has 3 aliphatic carbocycles. The Morgan fingerprint density at radius 3 is 1.91 bits per heavy atom. The predicted molar refractivity (Wildman–Crippen MR) is 160 cm³/mol. The Morgan fingerprint density at radius 2 is 1.43 bits per heavy atom. The van der Waals surface area contributed by atoms with Crippen LogP contribution in [-0.2, 0) is 18.7 Å². The molecule has 2 bridgehead atoms. The molecule has 5 rings (SSSR count). The molecule has 0 radical (unpaired) electrons. The van der Waals surface area contributed by atoms with Crippen LogP contribution in [0.15, 0.2) is 36.4 Å². The van der Waals surface area contributed by atoms with Gasteiger partial charge in [0.15, 0.2) is 13.2 Å². The zero-order valence-corrected chi connectivity index (χ0v) is 26.6. The van der Waals surface area contributed by atoms with E-state index in [1.165, 1.54) is 24.3 Å². The first kappa shape index (κ1) is 35.7. The number of phosphoric acid groups is 1. The maximum Gasteiger partial charge on any atom is 0.469 e. The lowest BCUT2D eigenvalue weighted by atomic mass is 9.58. The van der Waals surface area contributed by atoms with E-state index in [0.29, 0.717) is 12.8 Å². The van der Waals surface area contributed by atoms with Gasteiger partial charge in [0.05, 0.1) is 28.2 Å². The van der Waals surface area contributed by atoms with Gasteiger partial charge in [-0.1, -0.05) is 23.2 Å². The summed E-state index contributed by atoms with van der Waals surface area (Å²) in [5, 5.41) is 15.8. The van der Waals surface area contributed by atoms with Crippen LogP contribution in [0.4, 0.5) is 13.6 Å². The van der Waals surface area contributed by atoms with Crippen LogP contribution in [0.1, 0.15) is 38.5 Å². The Labute approximate surface area is 272 Å². The highest BCUT2D eigenvalue weighted by molar-refractivity contribution is 7.46. The number of hydrogen-bond acceptors (Lipinski definition) is 7. The lowest BCUT2D eigenvalue weighted by Gasteiger charge is -2.59. The monoisotopic (exact) mass is 709 g/mol. The lowest BCUT2D eigenvalue weighted by molar-refractivity contribution is -0.133. The van der Waals surface area contributed by atoms with Gasteiger partial charge in [-0.2, -0.15) is 0 Å². The molecule has 5 N–H and O–H groups in total. The summed E-state index contributed by atoms with van der Waals surface area (Å²) in [4.78, 5) is 57.6. The van der Waals surface area contributed by atoms with Crippen LogP contribution in [-0.4, -0.2) is 81.2 Å². The summed E-state index contributed by atoms with van der Waals surface area (Å²) in [5.74, 6) is -2.45. The van der Waals surface area contributed by atoms with Gasteiger partial charge in [0.1, 0.15) is 23.1 Å². The number of fused-ring (bicyclic) bond motifs is 3. The van der Waals surface area contributed by atoms with Crippen molar-refractivity contribution in [2.45, 2.75) is 55.6 Å². The van der Waals surface area contributed by atoms with E-state index in [9.17, 15) is 32.8 Å². The number of carbonyl (C=O) groups is 3. The molecule has 0 heterocycles. The van der Waals surface area contributed by atoms with Crippen molar-refractivity contribution in [3.05, 3.63) is 58.1 Å². The maximum atomic E-state index is 13.8. The summed E-state index contributed by atoms with van der Waals surface area (Å²) in [6, 6.07) is 6.52. The van der Waals surface area contributed by atoms with Crippen LogP contribution < -0.4 is 20.1 Å². The van der Waals surface area contributed by atoms with E-state index in [2.05, 4.69) is 15.2 Å². The molecule has 3 amide bonds. The van der Waals surface area contributed by atoms with Gasteiger partial charge in [-0.05, 0) is 62.8 Å². The van der Waals surface area contributed by atoms with Crippen LogP contribution in [0.3, 0.4) is 0 Å². The van der Waals surface area contributed by atoms with Gasteiger partial charge in [-0.3, -0.25) is 14.1 Å². The molecule has 3 saturated carbocycles. The number of rotatable bonds is 14. The maximum absolute atomic E-state index is 13.8. The van der Waals surface area contributed by atoms with Gasteiger partial charge in [0, 0.05) is 24.2 Å². The minimum atomic E-state index is -4.78. The van der Waals surface area contributed by atoms with E-state index >= 15 is 0 Å². The minimum absolute atomic E-state index is 0.0564. The molecule has 13 nitrogen and oxygen atoms in total. The zero-order chi connectivity index (χ0) is 33.7. The Kier molecular flexibility index (Phi) is 11.4. The van der Waals surface area contributed by atoms with Gasteiger partial charge < -0.3 is 39.9 Å². The molecule has 0 saturated heterocycles. The van der Waals surface area contributed by atoms with Crippen LogP contribution in [0.25, 0.3) is 0 Å². The summed E-state index contributed by atoms with van der Waals surface area (Å²) in [6.45, 7) is -1.60. The first-order chi connectivity index (χ1) is 21.6. The van der Waals surface area contributed by atoms with Crippen molar-refractivity contribution < 1.29 is 56.6 Å². The molecule has 1 atom stereocenters. The Hall–Kier alpha value is -3.20. The van der Waals surface area contributed by atoms with E-state index in [0.717, 1.165) is 17.0 Å². The SMILES string of the molecule is O=C(COc1ccc(Cl)c(F)c1)NC12CCC(NC(=O)COc3ccc(Cl)c(F)c3)(CC1)[C@@H](N(CCCOP(=O)(O)O)C(=O)O)C2. The number of phosphoric ester groups is 1. The molecular formula is C28H32Cl2F2N3O10P. The van der Waals surface area contributed by atoms with Gasteiger partial charge in [0.2, 0.25) is 0 Å².